The van der Waals surface area contributed by atoms with Crippen LogP contribution in [-0.4, -0.2) is 37.3 Å². The van der Waals surface area contributed by atoms with Gasteiger partial charge in [0.05, 0.1) is 24.2 Å². The first-order valence-corrected chi connectivity index (χ1v) is 7.49. The Bertz CT molecular complexity index is 398. The standard InChI is InChI=1S/C15H23N3O/c1-2-4-14(5-3-1)19-15-10-13(11-17-12-15)18-8-6-16-7-9-18/h10-12,14,16H,1-9H2. The van der Waals surface area contributed by atoms with Crippen LogP contribution in [0.15, 0.2) is 18.5 Å². The van der Waals surface area contributed by atoms with Crippen LogP contribution >= 0.6 is 0 Å². The molecular formula is C15H23N3O. The molecule has 2 fully saturated rings. The van der Waals surface area contributed by atoms with Gasteiger partial charge >= 0.3 is 0 Å². The summed E-state index contributed by atoms with van der Waals surface area (Å²) < 4.78 is 6.08. The zero-order chi connectivity index (χ0) is 12.9. The molecule has 104 valence electrons. The van der Waals surface area contributed by atoms with E-state index in [0.717, 1.165) is 31.9 Å². The summed E-state index contributed by atoms with van der Waals surface area (Å²) >= 11 is 0. The lowest BCUT2D eigenvalue weighted by atomic mass is 9.98. The lowest BCUT2D eigenvalue weighted by Crippen LogP contribution is -2.43. The number of nitrogens with one attached hydrogen (secondary N) is 1. The van der Waals surface area contributed by atoms with Gasteiger partial charge in [0.2, 0.25) is 0 Å². The summed E-state index contributed by atoms with van der Waals surface area (Å²) in [5.41, 5.74) is 1.19. The normalized spacial score (nSPS) is 21.4. The lowest BCUT2D eigenvalue weighted by molar-refractivity contribution is 0.154. The monoisotopic (exact) mass is 261 g/mol. The molecule has 0 unspecified atom stereocenters. The number of aromatic nitrogens is 1. The van der Waals surface area contributed by atoms with Gasteiger partial charge in [-0.15, -0.1) is 0 Å². The number of anilines is 1. The molecule has 1 saturated heterocycles. The molecule has 4 nitrogen and oxygen atoms in total. The van der Waals surface area contributed by atoms with Crippen LogP contribution in [0.5, 0.6) is 5.75 Å². The van der Waals surface area contributed by atoms with Crippen molar-refractivity contribution >= 4 is 5.69 Å². The number of piperazine rings is 1. The molecule has 0 radical (unpaired) electrons. The Balaban J connectivity index is 1.64. The Hall–Kier alpha value is -1.29. The zero-order valence-corrected chi connectivity index (χ0v) is 11.5. The molecule has 1 aliphatic carbocycles. The number of rotatable bonds is 3. The molecule has 0 bridgehead atoms. The Morgan fingerprint density at radius 3 is 2.68 bits per heavy atom. The van der Waals surface area contributed by atoms with E-state index in [9.17, 15) is 0 Å². The predicted octanol–water partition coefficient (Wildman–Crippen LogP) is 2.20. The number of pyridine rings is 1. The van der Waals surface area contributed by atoms with Crippen LogP contribution in [-0.2, 0) is 0 Å². The van der Waals surface area contributed by atoms with E-state index < -0.39 is 0 Å². The highest BCUT2D eigenvalue weighted by atomic mass is 16.5. The first-order chi connectivity index (χ1) is 9.42. The molecule has 0 atom stereocenters. The SMILES string of the molecule is c1ncc(N2CCNCC2)cc1OC1CCCCC1. The van der Waals surface area contributed by atoms with Crippen molar-refractivity contribution in [3.8, 4) is 5.75 Å². The average molecular weight is 261 g/mol. The highest BCUT2D eigenvalue weighted by Crippen LogP contribution is 2.25. The molecule has 0 spiro atoms. The summed E-state index contributed by atoms with van der Waals surface area (Å²) in [6.45, 7) is 4.20. The molecule has 4 heteroatoms. The maximum atomic E-state index is 6.08. The van der Waals surface area contributed by atoms with Gasteiger partial charge in [-0.25, -0.2) is 0 Å². The number of nitrogens with zero attached hydrogens (tertiary/aromatic N) is 2. The van der Waals surface area contributed by atoms with E-state index in [4.69, 9.17) is 4.74 Å². The van der Waals surface area contributed by atoms with Crippen LogP contribution < -0.4 is 15.0 Å². The summed E-state index contributed by atoms with van der Waals surface area (Å²) in [5, 5.41) is 3.37. The van der Waals surface area contributed by atoms with Crippen molar-refractivity contribution in [2.45, 2.75) is 38.2 Å². The van der Waals surface area contributed by atoms with Crippen molar-refractivity contribution in [1.82, 2.24) is 10.3 Å². The van der Waals surface area contributed by atoms with Crippen molar-refractivity contribution in [2.24, 2.45) is 0 Å². The first-order valence-electron chi connectivity index (χ1n) is 7.49. The maximum Gasteiger partial charge on any atom is 0.140 e. The third-order valence-corrected chi connectivity index (χ3v) is 4.04. The summed E-state index contributed by atoms with van der Waals surface area (Å²) in [5.74, 6) is 0.933. The fourth-order valence-corrected chi connectivity index (χ4v) is 2.94. The molecule has 0 amide bonds. The van der Waals surface area contributed by atoms with Gasteiger partial charge < -0.3 is 15.0 Å². The Labute approximate surface area is 115 Å². The molecule has 1 aromatic heterocycles. The van der Waals surface area contributed by atoms with Gasteiger partial charge in [-0.05, 0) is 25.7 Å². The quantitative estimate of drug-likeness (QED) is 0.905. The largest absolute Gasteiger partial charge is 0.489 e. The minimum absolute atomic E-state index is 0.397. The second kappa shape index (κ2) is 6.24. The van der Waals surface area contributed by atoms with E-state index >= 15 is 0 Å². The molecule has 1 aromatic rings. The van der Waals surface area contributed by atoms with Crippen LogP contribution in [0.25, 0.3) is 0 Å². The van der Waals surface area contributed by atoms with Crippen molar-refractivity contribution in [2.75, 3.05) is 31.1 Å². The Kier molecular flexibility index (Phi) is 4.18. The Morgan fingerprint density at radius 2 is 1.89 bits per heavy atom. The zero-order valence-electron chi connectivity index (χ0n) is 11.5. The second-order valence-electron chi connectivity index (χ2n) is 5.49. The smallest absolute Gasteiger partial charge is 0.140 e. The molecule has 1 N–H and O–H groups in total. The molecule has 19 heavy (non-hydrogen) atoms. The lowest BCUT2D eigenvalue weighted by Gasteiger charge is -2.29. The summed E-state index contributed by atoms with van der Waals surface area (Å²) in [6, 6.07) is 2.15. The van der Waals surface area contributed by atoms with Gasteiger partial charge in [-0.1, -0.05) is 6.42 Å². The Morgan fingerprint density at radius 1 is 1.11 bits per heavy atom. The van der Waals surface area contributed by atoms with Gasteiger partial charge in [0, 0.05) is 32.2 Å². The highest BCUT2D eigenvalue weighted by molar-refractivity contribution is 5.48. The summed E-state index contributed by atoms with van der Waals surface area (Å²) in [4.78, 5) is 6.71. The van der Waals surface area contributed by atoms with E-state index in [0.29, 0.717) is 6.10 Å². The third-order valence-electron chi connectivity index (χ3n) is 4.04. The fourth-order valence-electron chi connectivity index (χ4n) is 2.94. The molecule has 0 aromatic carbocycles. The third kappa shape index (κ3) is 3.38. The summed E-state index contributed by atoms with van der Waals surface area (Å²) in [6.07, 6.45) is 10.5. The summed E-state index contributed by atoms with van der Waals surface area (Å²) in [7, 11) is 0. The minimum atomic E-state index is 0.397. The van der Waals surface area contributed by atoms with Crippen molar-refractivity contribution in [1.29, 1.82) is 0 Å². The van der Waals surface area contributed by atoms with E-state index in [-0.39, 0.29) is 0 Å². The van der Waals surface area contributed by atoms with E-state index in [2.05, 4.69) is 21.3 Å². The molecule has 1 aliphatic heterocycles. The molecule has 2 heterocycles. The van der Waals surface area contributed by atoms with E-state index in [1.807, 2.05) is 12.4 Å². The molecule has 3 rings (SSSR count). The minimum Gasteiger partial charge on any atom is -0.489 e. The second-order valence-corrected chi connectivity index (χ2v) is 5.49. The van der Waals surface area contributed by atoms with Crippen LogP contribution in [0.2, 0.25) is 0 Å². The predicted molar refractivity (Wildman–Crippen MR) is 76.8 cm³/mol. The van der Waals surface area contributed by atoms with Crippen molar-refractivity contribution in [3.05, 3.63) is 18.5 Å². The van der Waals surface area contributed by atoms with Crippen molar-refractivity contribution in [3.63, 3.8) is 0 Å². The fraction of sp³-hybridized carbons (Fsp3) is 0.667. The van der Waals surface area contributed by atoms with Crippen LogP contribution in [0, 0.1) is 0 Å². The molecule has 1 saturated carbocycles. The van der Waals surface area contributed by atoms with Gasteiger partial charge in [0.1, 0.15) is 5.75 Å². The molecule has 2 aliphatic rings. The highest BCUT2D eigenvalue weighted by Gasteiger charge is 2.16. The van der Waals surface area contributed by atoms with Gasteiger partial charge in [-0.2, -0.15) is 0 Å². The van der Waals surface area contributed by atoms with Gasteiger partial charge in [-0.3, -0.25) is 4.98 Å². The average Bonchev–Trinajstić information content (AvgIpc) is 2.49. The number of hydrogen-bond donors (Lipinski definition) is 1. The van der Waals surface area contributed by atoms with Crippen LogP contribution in [0.3, 0.4) is 0 Å². The molecular weight excluding hydrogens is 238 g/mol. The maximum absolute atomic E-state index is 6.08. The topological polar surface area (TPSA) is 37.4 Å². The van der Waals surface area contributed by atoms with Crippen LogP contribution in [0.4, 0.5) is 5.69 Å². The van der Waals surface area contributed by atoms with Gasteiger partial charge in [0.15, 0.2) is 0 Å². The van der Waals surface area contributed by atoms with Gasteiger partial charge in [0.25, 0.3) is 0 Å². The van der Waals surface area contributed by atoms with E-state index in [1.54, 1.807) is 0 Å². The number of hydrogen-bond acceptors (Lipinski definition) is 4. The van der Waals surface area contributed by atoms with Crippen LogP contribution in [0.1, 0.15) is 32.1 Å². The van der Waals surface area contributed by atoms with E-state index in [1.165, 1.54) is 37.8 Å². The first kappa shape index (κ1) is 12.7. The number of ether oxygens (including phenoxy) is 1. The van der Waals surface area contributed by atoms with Crippen molar-refractivity contribution < 1.29 is 4.74 Å².